The zero-order chi connectivity index (χ0) is 25.4. The summed E-state index contributed by atoms with van der Waals surface area (Å²) in [5.41, 5.74) is 5.55. The van der Waals surface area contributed by atoms with Crippen molar-refractivity contribution in [1.29, 1.82) is 0 Å². The summed E-state index contributed by atoms with van der Waals surface area (Å²) in [7, 11) is 0. The Morgan fingerprint density at radius 3 is 2.08 bits per heavy atom. The third-order valence-corrected chi connectivity index (χ3v) is 7.44. The topological polar surface area (TPSA) is 32.8 Å². The van der Waals surface area contributed by atoms with Gasteiger partial charge < -0.3 is 9.64 Å². The van der Waals surface area contributed by atoms with Crippen molar-refractivity contribution in [1.82, 2.24) is 4.90 Å². The number of hydrogen-bond acceptors (Lipinski definition) is 4. The maximum atomic E-state index is 13.0. The summed E-state index contributed by atoms with van der Waals surface area (Å²) in [6, 6.07) is 27.8. The highest BCUT2D eigenvalue weighted by molar-refractivity contribution is 5.82. The van der Waals surface area contributed by atoms with Crippen molar-refractivity contribution in [2.45, 2.75) is 45.4 Å². The first-order valence-corrected chi connectivity index (χ1v) is 13.4. The number of anilines is 1. The third-order valence-electron chi connectivity index (χ3n) is 7.44. The molecule has 0 aromatic heterocycles. The molecule has 1 unspecified atom stereocenters. The Labute approximate surface area is 216 Å². The molecule has 1 fully saturated rings. The van der Waals surface area contributed by atoms with Crippen LogP contribution in [-0.4, -0.2) is 50.2 Å². The number of benzene rings is 3. The van der Waals surface area contributed by atoms with Gasteiger partial charge >= 0.3 is 5.97 Å². The van der Waals surface area contributed by atoms with Crippen LogP contribution in [0.1, 0.15) is 44.2 Å². The molecule has 1 saturated heterocycles. The lowest BCUT2D eigenvalue weighted by atomic mass is 9.78. The first-order valence-electron chi connectivity index (χ1n) is 13.4. The minimum Gasteiger partial charge on any atom is -0.465 e. The molecule has 0 aliphatic carbocycles. The molecule has 190 valence electrons. The molecule has 1 aliphatic rings. The number of rotatable bonds is 10. The lowest BCUT2D eigenvalue weighted by molar-refractivity contribution is -0.150. The van der Waals surface area contributed by atoms with Crippen LogP contribution in [0.25, 0.3) is 11.1 Å². The molecule has 0 radical (unpaired) electrons. The Balaban J connectivity index is 1.29. The molecule has 1 atom stereocenters. The average Bonchev–Trinajstić information content (AvgIpc) is 2.93. The second-order valence-corrected chi connectivity index (χ2v) is 10.2. The molecule has 0 spiro atoms. The molecule has 4 nitrogen and oxygen atoms in total. The van der Waals surface area contributed by atoms with Crippen molar-refractivity contribution in [2.75, 3.05) is 44.2 Å². The fraction of sp³-hybridized carbons (Fsp3) is 0.406. The van der Waals surface area contributed by atoms with Crippen molar-refractivity contribution >= 4 is 11.7 Å². The van der Waals surface area contributed by atoms with Gasteiger partial charge in [0.2, 0.25) is 0 Å². The van der Waals surface area contributed by atoms with E-state index in [0.717, 1.165) is 57.5 Å². The molecule has 4 heteroatoms. The highest BCUT2D eigenvalue weighted by atomic mass is 16.5. The number of ether oxygens (including phenoxy) is 1. The Morgan fingerprint density at radius 1 is 0.861 bits per heavy atom. The molecule has 0 bridgehead atoms. The monoisotopic (exact) mass is 484 g/mol. The van der Waals surface area contributed by atoms with E-state index < -0.39 is 5.41 Å². The molecule has 1 heterocycles. The van der Waals surface area contributed by atoms with Gasteiger partial charge in [-0.05, 0) is 68.5 Å². The van der Waals surface area contributed by atoms with Gasteiger partial charge in [-0.3, -0.25) is 9.69 Å². The Kier molecular flexibility index (Phi) is 8.82. The highest BCUT2D eigenvalue weighted by Crippen LogP contribution is 2.31. The van der Waals surface area contributed by atoms with Gasteiger partial charge in [0.05, 0.1) is 12.0 Å². The van der Waals surface area contributed by atoms with E-state index in [9.17, 15) is 4.79 Å². The van der Waals surface area contributed by atoms with Crippen molar-refractivity contribution in [3.8, 4) is 11.1 Å². The molecular weight excluding hydrogens is 444 g/mol. The normalized spacial score (nSPS) is 15.9. The highest BCUT2D eigenvalue weighted by Gasteiger charge is 2.36. The lowest BCUT2D eigenvalue weighted by Gasteiger charge is -2.37. The molecule has 4 rings (SSSR count). The van der Waals surface area contributed by atoms with E-state index in [1.807, 2.05) is 32.0 Å². The van der Waals surface area contributed by atoms with E-state index in [-0.39, 0.29) is 5.97 Å². The van der Waals surface area contributed by atoms with Crippen LogP contribution in [0, 0.1) is 6.92 Å². The van der Waals surface area contributed by atoms with E-state index in [1.54, 1.807) is 0 Å². The molecule has 0 saturated carbocycles. The second-order valence-electron chi connectivity index (χ2n) is 10.2. The summed E-state index contributed by atoms with van der Waals surface area (Å²) in [5, 5.41) is 0. The molecule has 0 N–H and O–H groups in total. The lowest BCUT2D eigenvalue weighted by Crippen LogP contribution is -2.47. The molecule has 36 heavy (non-hydrogen) atoms. The quantitative estimate of drug-likeness (QED) is 0.309. The van der Waals surface area contributed by atoms with Gasteiger partial charge in [-0.15, -0.1) is 0 Å². The Hall–Kier alpha value is -3.11. The maximum absolute atomic E-state index is 13.0. The zero-order valence-corrected chi connectivity index (χ0v) is 22.1. The fourth-order valence-electron chi connectivity index (χ4n) is 5.02. The number of hydrogen-bond donors (Lipinski definition) is 0. The van der Waals surface area contributed by atoms with Crippen LogP contribution in [-0.2, 0) is 14.9 Å². The van der Waals surface area contributed by atoms with Gasteiger partial charge in [0, 0.05) is 31.9 Å². The van der Waals surface area contributed by atoms with Crippen molar-refractivity contribution < 1.29 is 9.53 Å². The Bertz CT molecular complexity index is 1090. The third kappa shape index (κ3) is 6.36. The number of nitrogens with zero attached hydrogens (tertiary/aromatic N) is 2. The number of esters is 1. The fourth-order valence-corrected chi connectivity index (χ4v) is 5.02. The van der Waals surface area contributed by atoms with Crippen LogP contribution in [0.5, 0.6) is 0 Å². The summed E-state index contributed by atoms with van der Waals surface area (Å²) in [6.07, 6.45) is 2.60. The summed E-state index contributed by atoms with van der Waals surface area (Å²) in [5.74, 6) is -0.102. The van der Waals surface area contributed by atoms with Crippen LogP contribution >= 0.6 is 0 Å². The van der Waals surface area contributed by atoms with Crippen molar-refractivity contribution in [3.63, 3.8) is 0 Å². The van der Waals surface area contributed by atoms with E-state index in [4.69, 9.17) is 4.74 Å². The Morgan fingerprint density at radius 2 is 1.47 bits per heavy atom. The summed E-state index contributed by atoms with van der Waals surface area (Å²) >= 11 is 0. The summed E-state index contributed by atoms with van der Waals surface area (Å²) < 4.78 is 5.60. The SMILES string of the molecule is CCCOC(=O)C(C)(CCCN1CCN(c2ccc(-c3ccc(C)cc3)cc2)CC1)c1ccccc1. The number of aryl methyl sites for hydroxylation is 1. The van der Waals surface area contributed by atoms with Gasteiger partial charge in [0.1, 0.15) is 0 Å². The predicted molar refractivity (Wildman–Crippen MR) is 150 cm³/mol. The van der Waals surface area contributed by atoms with Crippen molar-refractivity contribution in [3.05, 3.63) is 90.0 Å². The summed E-state index contributed by atoms with van der Waals surface area (Å²) in [6.45, 7) is 11.8. The van der Waals surface area contributed by atoms with Gasteiger partial charge in [-0.1, -0.05) is 79.2 Å². The van der Waals surface area contributed by atoms with Gasteiger partial charge in [-0.25, -0.2) is 0 Å². The second kappa shape index (κ2) is 12.2. The molecule has 0 amide bonds. The largest absolute Gasteiger partial charge is 0.465 e. The smallest absolute Gasteiger partial charge is 0.316 e. The summed E-state index contributed by atoms with van der Waals surface area (Å²) in [4.78, 5) is 18.0. The predicted octanol–water partition coefficient (Wildman–Crippen LogP) is 6.48. The number of carbonyl (C=O) groups excluding carboxylic acids is 1. The minimum atomic E-state index is -0.600. The first kappa shape index (κ1) is 26.0. The van der Waals surface area contributed by atoms with Gasteiger partial charge in [0.25, 0.3) is 0 Å². The van der Waals surface area contributed by atoms with Crippen LogP contribution in [0.4, 0.5) is 5.69 Å². The van der Waals surface area contributed by atoms with E-state index in [2.05, 4.69) is 77.4 Å². The van der Waals surface area contributed by atoms with Gasteiger partial charge in [0.15, 0.2) is 0 Å². The zero-order valence-electron chi connectivity index (χ0n) is 22.1. The first-order chi connectivity index (χ1) is 17.5. The van der Waals surface area contributed by atoms with Crippen LogP contribution < -0.4 is 4.90 Å². The maximum Gasteiger partial charge on any atom is 0.316 e. The van der Waals surface area contributed by atoms with E-state index in [0.29, 0.717) is 6.61 Å². The molecule has 3 aromatic carbocycles. The minimum absolute atomic E-state index is 0.102. The van der Waals surface area contributed by atoms with Gasteiger partial charge in [-0.2, -0.15) is 0 Å². The molecule has 3 aromatic rings. The van der Waals surface area contributed by atoms with Crippen molar-refractivity contribution in [2.24, 2.45) is 0 Å². The average molecular weight is 485 g/mol. The van der Waals surface area contributed by atoms with E-state index in [1.165, 1.54) is 22.4 Å². The standard InChI is InChI=1S/C32H40N2O2/c1-4-25-36-31(35)32(3,29-9-6-5-7-10-29)19-8-20-33-21-23-34(24-22-33)30-17-15-28(16-18-30)27-13-11-26(2)12-14-27/h5-7,9-18H,4,8,19-25H2,1-3H3. The van der Waals surface area contributed by atoms with E-state index >= 15 is 0 Å². The number of piperazine rings is 1. The van der Waals surface area contributed by atoms with Crippen LogP contribution in [0.15, 0.2) is 78.9 Å². The number of carbonyl (C=O) groups is 1. The van der Waals surface area contributed by atoms with Crippen LogP contribution in [0.3, 0.4) is 0 Å². The molecule has 1 aliphatic heterocycles. The molecular formula is C32H40N2O2. The van der Waals surface area contributed by atoms with Crippen LogP contribution in [0.2, 0.25) is 0 Å².